The zero-order valence-electron chi connectivity index (χ0n) is 26.3. The second kappa shape index (κ2) is 15.6. The van der Waals surface area contributed by atoms with E-state index in [-0.39, 0.29) is 11.4 Å². The van der Waals surface area contributed by atoms with Crippen molar-refractivity contribution in [2.75, 3.05) is 20.6 Å². The SMILES string of the molecule is CN(CCc1ccccc1CN(C)Cc1ccc(Oc2ccc([N+](=O)[O-])cc2)cc1)Cc1ccc(Oc2ccc([N+](=O)[O-])cc2)cc1. The molecule has 47 heavy (non-hydrogen) atoms. The fraction of sp³-hybridized carbons (Fsp3) is 0.189. The molecular formula is C37H36N4O6. The zero-order valence-corrected chi connectivity index (χ0v) is 26.3. The second-order valence-corrected chi connectivity index (χ2v) is 11.4. The first-order chi connectivity index (χ1) is 22.7. The molecule has 0 atom stereocenters. The lowest BCUT2D eigenvalue weighted by molar-refractivity contribution is -0.385. The Balaban J connectivity index is 1.08. The van der Waals surface area contributed by atoms with Gasteiger partial charge in [-0.05, 0) is 91.3 Å². The summed E-state index contributed by atoms with van der Waals surface area (Å²) in [5.41, 5.74) is 5.01. The van der Waals surface area contributed by atoms with Crippen molar-refractivity contribution >= 4 is 11.4 Å². The molecule has 0 heterocycles. The van der Waals surface area contributed by atoms with E-state index in [1.807, 2.05) is 48.5 Å². The van der Waals surface area contributed by atoms with Gasteiger partial charge in [-0.2, -0.15) is 0 Å². The molecule has 0 fully saturated rings. The number of nitro benzene ring substituents is 2. The number of ether oxygens (including phenoxy) is 2. The molecule has 0 amide bonds. The molecule has 0 saturated heterocycles. The molecule has 10 nitrogen and oxygen atoms in total. The summed E-state index contributed by atoms with van der Waals surface area (Å²) in [5, 5.41) is 21.7. The molecule has 10 heteroatoms. The Morgan fingerprint density at radius 3 is 1.32 bits per heavy atom. The number of hydrogen-bond acceptors (Lipinski definition) is 8. The highest BCUT2D eigenvalue weighted by Crippen LogP contribution is 2.26. The first-order valence-electron chi connectivity index (χ1n) is 15.2. The molecule has 0 saturated carbocycles. The van der Waals surface area contributed by atoms with E-state index < -0.39 is 9.85 Å². The van der Waals surface area contributed by atoms with E-state index in [0.717, 1.165) is 38.2 Å². The number of hydrogen-bond donors (Lipinski definition) is 0. The monoisotopic (exact) mass is 632 g/mol. The van der Waals surface area contributed by atoms with Crippen molar-refractivity contribution in [3.8, 4) is 23.0 Å². The molecule has 0 spiro atoms. The van der Waals surface area contributed by atoms with Crippen LogP contribution in [0.4, 0.5) is 11.4 Å². The Bertz CT molecular complexity index is 1780. The van der Waals surface area contributed by atoms with Crippen LogP contribution in [0.2, 0.25) is 0 Å². The Labute approximate surface area is 273 Å². The standard InChI is InChI=1S/C37H36N4O6/c1-38(25-28-7-15-34(16-8-28)46-36-19-11-32(12-20-36)40(42)43)24-23-30-5-3-4-6-31(30)27-39(2)26-29-9-17-35(18-10-29)47-37-21-13-33(14-22-37)41(44)45/h3-22H,23-27H2,1-2H3. The maximum atomic E-state index is 10.9. The number of non-ortho nitro benzene ring substituents is 2. The van der Waals surface area contributed by atoms with Crippen LogP contribution in [0.1, 0.15) is 22.3 Å². The lowest BCUT2D eigenvalue weighted by Crippen LogP contribution is -2.22. The van der Waals surface area contributed by atoms with Gasteiger partial charge in [0.2, 0.25) is 0 Å². The quantitative estimate of drug-likeness (QED) is 0.0836. The predicted octanol–water partition coefficient (Wildman–Crippen LogP) is 8.39. The molecule has 5 aromatic carbocycles. The van der Waals surface area contributed by atoms with Gasteiger partial charge in [0.1, 0.15) is 23.0 Å². The van der Waals surface area contributed by atoms with Gasteiger partial charge in [0.15, 0.2) is 0 Å². The second-order valence-electron chi connectivity index (χ2n) is 11.4. The van der Waals surface area contributed by atoms with E-state index in [2.05, 4.69) is 48.2 Å². The van der Waals surface area contributed by atoms with E-state index in [1.165, 1.54) is 41.0 Å². The highest BCUT2D eigenvalue weighted by molar-refractivity contribution is 5.40. The van der Waals surface area contributed by atoms with Gasteiger partial charge >= 0.3 is 0 Å². The average Bonchev–Trinajstić information content (AvgIpc) is 3.06. The molecule has 0 aliphatic carbocycles. The lowest BCUT2D eigenvalue weighted by atomic mass is 10.0. The molecule has 0 aliphatic rings. The Morgan fingerprint density at radius 2 is 0.894 bits per heavy atom. The highest BCUT2D eigenvalue weighted by atomic mass is 16.6. The van der Waals surface area contributed by atoms with E-state index in [9.17, 15) is 20.2 Å². The summed E-state index contributed by atoms with van der Waals surface area (Å²) in [6, 6.07) is 36.4. The third-order valence-electron chi connectivity index (χ3n) is 7.64. The summed E-state index contributed by atoms with van der Waals surface area (Å²) in [6.07, 6.45) is 0.927. The van der Waals surface area contributed by atoms with E-state index in [4.69, 9.17) is 9.47 Å². The van der Waals surface area contributed by atoms with Crippen LogP contribution in [0.3, 0.4) is 0 Å². The summed E-state index contributed by atoms with van der Waals surface area (Å²) in [4.78, 5) is 25.4. The normalized spacial score (nSPS) is 11.1. The van der Waals surface area contributed by atoms with Crippen LogP contribution in [-0.4, -0.2) is 40.3 Å². The van der Waals surface area contributed by atoms with Crippen molar-refractivity contribution in [2.24, 2.45) is 0 Å². The minimum absolute atomic E-state index is 0.0298. The Hall–Kier alpha value is -5.58. The number of likely N-dealkylation sites (N-methyl/N-ethyl adjacent to an activating group) is 1. The van der Waals surface area contributed by atoms with Crippen molar-refractivity contribution in [3.05, 3.63) is 164 Å². The summed E-state index contributed by atoms with van der Waals surface area (Å²) in [5.74, 6) is 2.45. The Morgan fingerprint density at radius 1 is 0.511 bits per heavy atom. The van der Waals surface area contributed by atoms with Gasteiger partial charge < -0.3 is 14.4 Å². The van der Waals surface area contributed by atoms with Crippen LogP contribution in [0.5, 0.6) is 23.0 Å². The molecule has 0 N–H and O–H groups in total. The molecule has 0 radical (unpaired) electrons. The highest BCUT2D eigenvalue weighted by Gasteiger charge is 2.10. The lowest BCUT2D eigenvalue weighted by Gasteiger charge is -2.21. The van der Waals surface area contributed by atoms with Crippen LogP contribution in [0, 0.1) is 20.2 Å². The summed E-state index contributed by atoms with van der Waals surface area (Å²) < 4.78 is 11.7. The molecule has 5 rings (SSSR count). The number of benzene rings is 5. The smallest absolute Gasteiger partial charge is 0.269 e. The first-order valence-corrected chi connectivity index (χ1v) is 15.2. The van der Waals surface area contributed by atoms with Gasteiger partial charge in [-0.25, -0.2) is 0 Å². The topological polar surface area (TPSA) is 111 Å². The molecule has 0 aromatic heterocycles. The number of rotatable bonds is 15. The van der Waals surface area contributed by atoms with Crippen molar-refractivity contribution in [2.45, 2.75) is 26.1 Å². The van der Waals surface area contributed by atoms with Gasteiger partial charge in [-0.3, -0.25) is 25.1 Å². The van der Waals surface area contributed by atoms with Gasteiger partial charge in [0.25, 0.3) is 11.4 Å². The summed E-state index contributed by atoms with van der Waals surface area (Å²) >= 11 is 0. The van der Waals surface area contributed by atoms with Gasteiger partial charge in [-0.15, -0.1) is 0 Å². The summed E-state index contributed by atoms with van der Waals surface area (Å²) in [7, 11) is 4.23. The minimum atomic E-state index is -0.431. The molecule has 5 aromatic rings. The predicted molar refractivity (Wildman–Crippen MR) is 181 cm³/mol. The van der Waals surface area contributed by atoms with Crippen LogP contribution in [-0.2, 0) is 26.1 Å². The van der Waals surface area contributed by atoms with Gasteiger partial charge in [0.05, 0.1) is 9.85 Å². The van der Waals surface area contributed by atoms with Crippen molar-refractivity contribution in [1.82, 2.24) is 9.80 Å². The molecule has 240 valence electrons. The van der Waals surface area contributed by atoms with Crippen LogP contribution < -0.4 is 9.47 Å². The number of nitrogens with zero attached hydrogens (tertiary/aromatic N) is 4. The third kappa shape index (κ3) is 9.70. The van der Waals surface area contributed by atoms with E-state index >= 15 is 0 Å². The van der Waals surface area contributed by atoms with E-state index in [0.29, 0.717) is 23.0 Å². The van der Waals surface area contributed by atoms with Crippen LogP contribution >= 0.6 is 0 Å². The zero-order chi connectivity index (χ0) is 33.2. The van der Waals surface area contributed by atoms with Crippen LogP contribution in [0.25, 0.3) is 0 Å². The van der Waals surface area contributed by atoms with Gasteiger partial charge in [-0.1, -0.05) is 48.5 Å². The first kappa shape index (κ1) is 32.8. The summed E-state index contributed by atoms with van der Waals surface area (Å²) in [6.45, 7) is 3.29. The molecule has 0 unspecified atom stereocenters. The fourth-order valence-corrected chi connectivity index (χ4v) is 5.19. The molecular weight excluding hydrogens is 596 g/mol. The molecule has 0 aliphatic heterocycles. The maximum Gasteiger partial charge on any atom is 0.269 e. The Kier molecular flexibility index (Phi) is 10.9. The van der Waals surface area contributed by atoms with Crippen molar-refractivity contribution in [1.29, 1.82) is 0 Å². The van der Waals surface area contributed by atoms with Crippen molar-refractivity contribution < 1.29 is 19.3 Å². The fourth-order valence-electron chi connectivity index (χ4n) is 5.19. The largest absolute Gasteiger partial charge is 0.457 e. The third-order valence-corrected chi connectivity index (χ3v) is 7.64. The van der Waals surface area contributed by atoms with Crippen LogP contribution in [0.15, 0.2) is 121 Å². The van der Waals surface area contributed by atoms with Gasteiger partial charge in [0, 0.05) is 50.4 Å². The average molecular weight is 633 g/mol. The number of nitro groups is 2. The van der Waals surface area contributed by atoms with Crippen molar-refractivity contribution in [3.63, 3.8) is 0 Å². The molecule has 0 bridgehead atoms. The van der Waals surface area contributed by atoms with E-state index in [1.54, 1.807) is 24.3 Å². The maximum absolute atomic E-state index is 10.9. The minimum Gasteiger partial charge on any atom is -0.457 e.